The van der Waals surface area contributed by atoms with Crippen molar-refractivity contribution in [2.75, 3.05) is 0 Å². The first-order valence-electron chi connectivity index (χ1n) is 2.08. The van der Waals surface area contributed by atoms with Gasteiger partial charge in [0.1, 0.15) is 0 Å². The first-order chi connectivity index (χ1) is 2.94. The Bertz CT molecular complexity index is 55.2. The Morgan fingerprint density at radius 2 is 1.57 bits per heavy atom. The minimum atomic E-state index is -2.03. The van der Waals surface area contributed by atoms with Crippen molar-refractivity contribution < 1.29 is 10.2 Å². The lowest BCUT2D eigenvalue weighted by atomic mass is 10.2. The van der Waals surface area contributed by atoms with Crippen molar-refractivity contribution in [3.63, 3.8) is 0 Å². The van der Waals surface area contributed by atoms with E-state index in [-0.39, 0.29) is 5.92 Å². The lowest BCUT2D eigenvalue weighted by Gasteiger charge is -2.15. The van der Waals surface area contributed by atoms with E-state index in [9.17, 15) is 0 Å². The van der Waals surface area contributed by atoms with Gasteiger partial charge in [0.2, 0.25) is 5.25 Å². The van der Waals surface area contributed by atoms with Crippen LogP contribution in [-0.2, 0) is 0 Å². The fourth-order valence-electron chi connectivity index (χ4n) is 0. The van der Waals surface area contributed by atoms with Crippen LogP contribution < -0.4 is 0 Å². The van der Waals surface area contributed by atoms with Crippen LogP contribution in [0.15, 0.2) is 0 Å². The lowest BCUT2D eigenvalue weighted by Crippen LogP contribution is -2.26. The molecule has 0 atom stereocenters. The molecule has 0 amide bonds. The quantitative estimate of drug-likeness (QED) is 0.395. The minimum absolute atomic E-state index is 0.325. The maximum absolute atomic E-state index is 8.42. The van der Waals surface area contributed by atoms with Gasteiger partial charge in [0.05, 0.1) is 0 Å². The molecule has 0 bridgehead atoms. The normalized spacial score (nSPS) is 12.9. The van der Waals surface area contributed by atoms with Crippen molar-refractivity contribution in [3.05, 3.63) is 0 Å². The van der Waals surface area contributed by atoms with Crippen molar-refractivity contribution in [1.82, 2.24) is 0 Å². The monoisotopic (exact) mass is 124 g/mol. The number of hydrogen-bond acceptors (Lipinski definition) is 2. The molecule has 0 radical (unpaired) electrons. The highest BCUT2D eigenvalue weighted by atomic mass is 35.5. The van der Waals surface area contributed by atoms with Gasteiger partial charge < -0.3 is 10.2 Å². The molecule has 0 rings (SSSR count). The molecule has 0 aromatic rings. The molecule has 2 nitrogen and oxygen atoms in total. The summed E-state index contributed by atoms with van der Waals surface area (Å²) in [7, 11) is 0. The smallest absolute Gasteiger partial charge is 0.245 e. The molecule has 0 saturated heterocycles. The zero-order chi connectivity index (χ0) is 6.08. The third-order valence-electron chi connectivity index (χ3n) is 0.735. The van der Waals surface area contributed by atoms with Crippen molar-refractivity contribution in [2.24, 2.45) is 5.92 Å². The Hall–Kier alpha value is 0.210. The van der Waals surface area contributed by atoms with Crippen LogP contribution >= 0.6 is 11.6 Å². The molecule has 0 aliphatic carbocycles. The van der Waals surface area contributed by atoms with Crippen molar-refractivity contribution in [3.8, 4) is 0 Å². The van der Waals surface area contributed by atoms with Crippen LogP contribution in [0.2, 0.25) is 0 Å². The van der Waals surface area contributed by atoms with Gasteiger partial charge in [-0.2, -0.15) is 0 Å². The number of hydrogen-bond donors (Lipinski definition) is 2. The van der Waals surface area contributed by atoms with Gasteiger partial charge in [-0.15, -0.1) is 0 Å². The van der Waals surface area contributed by atoms with Crippen LogP contribution in [0.3, 0.4) is 0 Å². The molecule has 0 aromatic heterocycles. The van der Waals surface area contributed by atoms with Crippen LogP contribution in [0.1, 0.15) is 13.8 Å². The van der Waals surface area contributed by atoms with E-state index < -0.39 is 5.25 Å². The summed E-state index contributed by atoms with van der Waals surface area (Å²) in [5.41, 5.74) is 0. The molecule has 0 fully saturated rings. The van der Waals surface area contributed by atoms with E-state index in [0.29, 0.717) is 0 Å². The Kier molecular flexibility index (Phi) is 2.05. The van der Waals surface area contributed by atoms with Gasteiger partial charge in [0, 0.05) is 5.92 Å². The number of rotatable bonds is 1. The highest BCUT2D eigenvalue weighted by Crippen LogP contribution is 2.16. The van der Waals surface area contributed by atoms with Crippen molar-refractivity contribution in [1.29, 1.82) is 0 Å². The van der Waals surface area contributed by atoms with Gasteiger partial charge in [-0.25, -0.2) is 0 Å². The second-order valence-electron chi connectivity index (χ2n) is 1.79. The first kappa shape index (κ1) is 7.21. The van der Waals surface area contributed by atoms with Gasteiger partial charge in [-0.1, -0.05) is 25.4 Å². The topological polar surface area (TPSA) is 40.5 Å². The molecule has 44 valence electrons. The van der Waals surface area contributed by atoms with Gasteiger partial charge >= 0.3 is 0 Å². The summed E-state index contributed by atoms with van der Waals surface area (Å²) < 4.78 is 0. The zero-order valence-electron chi connectivity index (χ0n) is 4.35. The average molecular weight is 125 g/mol. The predicted octanol–water partition coefficient (Wildman–Crippen LogP) is 0.520. The summed E-state index contributed by atoms with van der Waals surface area (Å²) in [6, 6.07) is 0. The first-order valence-corrected chi connectivity index (χ1v) is 2.46. The van der Waals surface area contributed by atoms with Crippen LogP contribution in [0.5, 0.6) is 0 Å². The van der Waals surface area contributed by atoms with Gasteiger partial charge in [-0.05, 0) is 0 Å². The molecule has 0 saturated carbocycles. The van der Waals surface area contributed by atoms with E-state index in [1.807, 2.05) is 0 Å². The van der Waals surface area contributed by atoms with Crippen molar-refractivity contribution >= 4 is 11.6 Å². The Balaban J connectivity index is 3.54. The number of aliphatic hydroxyl groups is 2. The van der Waals surface area contributed by atoms with Crippen molar-refractivity contribution in [2.45, 2.75) is 19.1 Å². The fraction of sp³-hybridized carbons (Fsp3) is 1.00. The van der Waals surface area contributed by atoms with Crippen LogP contribution in [-0.4, -0.2) is 15.5 Å². The molecule has 3 heteroatoms. The van der Waals surface area contributed by atoms with E-state index in [1.54, 1.807) is 13.8 Å². The molecule has 0 spiro atoms. The highest BCUT2D eigenvalue weighted by Gasteiger charge is 2.22. The Morgan fingerprint density at radius 3 is 1.57 bits per heavy atom. The number of alkyl halides is 1. The largest absolute Gasteiger partial charge is 0.353 e. The van der Waals surface area contributed by atoms with E-state index in [4.69, 9.17) is 21.8 Å². The Labute approximate surface area is 47.7 Å². The molecular formula is C4H9ClO2. The molecular weight excluding hydrogens is 115 g/mol. The number of halogens is 1. The maximum Gasteiger partial charge on any atom is 0.245 e. The summed E-state index contributed by atoms with van der Waals surface area (Å²) in [6.45, 7) is 3.24. The third kappa shape index (κ3) is 2.85. The predicted molar refractivity (Wildman–Crippen MR) is 27.9 cm³/mol. The van der Waals surface area contributed by atoms with Crippen LogP contribution in [0.25, 0.3) is 0 Å². The molecule has 0 aliphatic rings. The second-order valence-corrected chi connectivity index (χ2v) is 2.35. The maximum atomic E-state index is 8.42. The van der Waals surface area contributed by atoms with Crippen LogP contribution in [0.4, 0.5) is 0 Å². The summed E-state index contributed by atoms with van der Waals surface area (Å²) in [4.78, 5) is 0. The molecule has 0 aromatic carbocycles. The summed E-state index contributed by atoms with van der Waals surface area (Å²) in [5, 5.41) is 14.8. The molecule has 0 heterocycles. The molecule has 0 aliphatic heterocycles. The Morgan fingerprint density at radius 1 is 1.43 bits per heavy atom. The van der Waals surface area contributed by atoms with E-state index in [0.717, 1.165) is 0 Å². The zero-order valence-corrected chi connectivity index (χ0v) is 5.11. The molecule has 7 heavy (non-hydrogen) atoms. The summed E-state index contributed by atoms with van der Waals surface area (Å²) in [5.74, 6) is -0.325. The summed E-state index contributed by atoms with van der Waals surface area (Å²) in [6.07, 6.45) is 0. The standard InChI is InChI=1S/C4H9ClO2/c1-3(2)4(5,6)7/h3,6-7H,1-2H3. The van der Waals surface area contributed by atoms with Crippen LogP contribution in [0, 0.1) is 5.92 Å². The summed E-state index contributed by atoms with van der Waals surface area (Å²) >= 11 is 4.98. The van der Waals surface area contributed by atoms with Gasteiger partial charge in [0.25, 0.3) is 0 Å². The minimum Gasteiger partial charge on any atom is -0.353 e. The second kappa shape index (κ2) is 1.99. The van der Waals surface area contributed by atoms with E-state index in [1.165, 1.54) is 0 Å². The molecule has 0 unspecified atom stereocenters. The highest BCUT2D eigenvalue weighted by molar-refractivity contribution is 6.21. The van der Waals surface area contributed by atoms with E-state index >= 15 is 0 Å². The third-order valence-corrected chi connectivity index (χ3v) is 1.17. The van der Waals surface area contributed by atoms with E-state index in [2.05, 4.69) is 0 Å². The average Bonchev–Trinajstić information content (AvgIpc) is 1.31. The fourth-order valence-corrected chi connectivity index (χ4v) is 0. The van der Waals surface area contributed by atoms with Gasteiger partial charge in [0.15, 0.2) is 0 Å². The van der Waals surface area contributed by atoms with Gasteiger partial charge in [-0.3, -0.25) is 0 Å². The molecule has 2 N–H and O–H groups in total. The SMILES string of the molecule is CC(C)C(O)(O)Cl. The lowest BCUT2D eigenvalue weighted by molar-refractivity contribution is -0.117.